The van der Waals surface area contributed by atoms with Crippen LogP contribution in [0.2, 0.25) is 0 Å². The van der Waals surface area contributed by atoms with Crippen LogP contribution < -0.4 is 15.0 Å². The van der Waals surface area contributed by atoms with Crippen LogP contribution in [0.4, 0.5) is 11.4 Å². The second kappa shape index (κ2) is 9.60. The Morgan fingerprint density at radius 1 is 1.07 bits per heavy atom. The van der Waals surface area contributed by atoms with Gasteiger partial charge in [-0.15, -0.1) is 0 Å². The molecule has 1 saturated heterocycles. The minimum absolute atomic E-state index is 0.0111. The number of nitrogens with one attached hydrogen (secondary N) is 1. The molecule has 150 valence electrons. The largest absolute Gasteiger partial charge is 0.483 e. The number of hydrogen-bond acceptors (Lipinski definition) is 4. The molecule has 0 aromatic heterocycles. The number of hydrogen-bond donors (Lipinski definition) is 1. The summed E-state index contributed by atoms with van der Waals surface area (Å²) >= 11 is 0. The Bertz CT molecular complexity index is 798. The lowest BCUT2D eigenvalue weighted by atomic mass is 10.1. The fraction of sp³-hybridized carbons (Fsp3) is 0.435. The van der Waals surface area contributed by atoms with Crippen LogP contribution in [-0.2, 0) is 11.2 Å². The normalized spacial score (nSPS) is 14.8. The molecular weight excluding hydrogens is 350 g/mol. The molecule has 5 nitrogen and oxygen atoms in total. The summed E-state index contributed by atoms with van der Waals surface area (Å²) in [5.74, 6) is 0.636. The lowest BCUT2D eigenvalue weighted by Crippen LogP contribution is -2.46. The third-order valence-corrected chi connectivity index (χ3v) is 5.38. The first kappa shape index (κ1) is 20.2. The number of amides is 1. The summed E-state index contributed by atoms with van der Waals surface area (Å²) in [5, 5.41) is 2.97. The van der Waals surface area contributed by atoms with Crippen molar-refractivity contribution in [3.8, 4) is 5.75 Å². The van der Waals surface area contributed by atoms with Crippen LogP contribution in [0.3, 0.4) is 0 Å². The maximum Gasteiger partial charge on any atom is 0.262 e. The molecule has 0 radical (unpaired) electrons. The van der Waals surface area contributed by atoms with Crippen molar-refractivity contribution in [1.82, 2.24) is 4.90 Å². The number of carbonyl (C=O) groups excluding carboxylic acids is 1. The number of rotatable bonds is 7. The van der Waals surface area contributed by atoms with Gasteiger partial charge in [-0.25, -0.2) is 0 Å². The van der Waals surface area contributed by atoms with Gasteiger partial charge < -0.3 is 19.9 Å². The second-order valence-electron chi connectivity index (χ2n) is 7.22. The Labute approximate surface area is 168 Å². The van der Waals surface area contributed by atoms with E-state index in [4.69, 9.17) is 4.74 Å². The molecule has 28 heavy (non-hydrogen) atoms. The first-order valence-corrected chi connectivity index (χ1v) is 10.2. The smallest absolute Gasteiger partial charge is 0.262 e. The highest BCUT2D eigenvalue weighted by atomic mass is 16.5. The molecule has 0 bridgehead atoms. The minimum Gasteiger partial charge on any atom is -0.483 e. The van der Waals surface area contributed by atoms with Gasteiger partial charge in [0.15, 0.2) is 6.61 Å². The predicted octanol–water partition coefficient (Wildman–Crippen LogP) is 3.72. The van der Waals surface area contributed by atoms with E-state index in [-0.39, 0.29) is 12.5 Å². The van der Waals surface area contributed by atoms with E-state index in [1.54, 1.807) is 0 Å². The predicted molar refractivity (Wildman–Crippen MR) is 115 cm³/mol. The first-order chi connectivity index (χ1) is 13.6. The molecule has 3 rings (SSSR count). The topological polar surface area (TPSA) is 44.8 Å². The van der Waals surface area contributed by atoms with E-state index in [9.17, 15) is 4.79 Å². The van der Waals surface area contributed by atoms with Gasteiger partial charge in [-0.3, -0.25) is 4.79 Å². The van der Waals surface area contributed by atoms with Crippen molar-refractivity contribution in [1.29, 1.82) is 0 Å². The highest BCUT2D eigenvalue weighted by Crippen LogP contribution is 2.24. The number of anilines is 2. The summed E-state index contributed by atoms with van der Waals surface area (Å²) in [6.07, 6.45) is 0.880. The van der Waals surface area contributed by atoms with Crippen molar-refractivity contribution >= 4 is 17.3 Å². The summed E-state index contributed by atoms with van der Waals surface area (Å²) in [7, 11) is 0. The third kappa shape index (κ3) is 5.04. The molecule has 5 heteroatoms. The summed E-state index contributed by atoms with van der Waals surface area (Å²) < 4.78 is 5.72. The summed E-state index contributed by atoms with van der Waals surface area (Å²) in [4.78, 5) is 17.2. The van der Waals surface area contributed by atoms with E-state index in [0.717, 1.165) is 61.7 Å². The molecular formula is C23H31N3O2. The van der Waals surface area contributed by atoms with Gasteiger partial charge in [0.1, 0.15) is 5.75 Å². The van der Waals surface area contributed by atoms with Crippen molar-refractivity contribution in [2.24, 2.45) is 0 Å². The molecule has 1 N–H and O–H groups in total. The van der Waals surface area contributed by atoms with Gasteiger partial charge >= 0.3 is 0 Å². The quantitative estimate of drug-likeness (QED) is 0.794. The van der Waals surface area contributed by atoms with Gasteiger partial charge in [-0.1, -0.05) is 32.0 Å². The Balaban J connectivity index is 1.56. The van der Waals surface area contributed by atoms with E-state index >= 15 is 0 Å². The maximum atomic E-state index is 12.3. The van der Waals surface area contributed by atoms with Crippen molar-refractivity contribution in [3.63, 3.8) is 0 Å². The molecule has 0 aliphatic carbocycles. The van der Waals surface area contributed by atoms with Crippen LogP contribution >= 0.6 is 0 Å². The van der Waals surface area contributed by atoms with Crippen LogP contribution in [0.25, 0.3) is 0 Å². The molecule has 0 atom stereocenters. The molecule has 2 aromatic rings. The Morgan fingerprint density at radius 3 is 2.50 bits per heavy atom. The highest BCUT2D eigenvalue weighted by Gasteiger charge is 2.16. The maximum absolute atomic E-state index is 12.3. The van der Waals surface area contributed by atoms with Gasteiger partial charge in [0.2, 0.25) is 0 Å². The van der Waals surface area contributed by atoms with Crippen molar-refractivity contribution in [2.75, 3.05) is 49.5 Å². The number of para-hydroxylation sites is 1. The minimum atomic E-state index is -0.140. The van der Waals surface area contributed by atoms with E-state index in [0.29, 0.717) is 0 Å². The van der Waals surface area contributed by atoms with Gasteiger partial charge in [0, 0.05) is 37.6 Å². The summed E-state index contributed by atoms with van der Waals surface area (Å²) in [6, 6.07) is 14.1. The Morgan fingerprint density at radius 2 is 1.82 bits per heavy atom. The monoisotopic (exact) mass is 381 g/mol. The van der Waals surface area contributed by atoms with E-state index in [1.807, 2.05) is 37.3 Å². The van der Waals surface area contributed by atoms with Crippen molar-refractivity contribution in [3.05, 3.63) is 53.6 Å². The van der Waals surface area contributed by atoms with Crippen LogP contribution in [0, 0.1) is 6.92 Å². The average Bonchev–Trinajstić information content (AvgIpc) is 2.74. The number of piperazine rings is 1. The number of likely N-dealkylation sites (N-methyl/N-ethyl adjacent to an activating group) is 1. The zero-order valence-corrected chi connectivity index (χ0v) is 17.2. The van der Waals surface area contributed by atoms with Crippen LogP contribution in [0.1, 0.15) is 25.0 Å². The van der Waals surface area contributed by atoms with Crippen molar-refractivity contribution < 1.29 is 9.53 Å². The van der Waals surface area contributed by atoms with Crippen LogP contribution in [-0.4, -0.2) is 50.1 Å². The Kier molecular flexibility index (Phi) is 6.93. The molecule has 1 aliphatic heterocycles. The molecule has 1 aliphatic rings. The summed E-state index contributed by atoms with van der Waals surface area (Å²) in [6.45, 7) is 11.7. The number of nitrogens with zero attached hydrogens (tertiary/aromatic N) is 2. The fourth-order valence-electron chi connectivity index (χ4n) is 3.57. The standard InChI is InChI=1S/C23H31N3O2/c1-4-19-8-6-7-9-22(19)28-17-23(27)24-21-11-10-20(16-18(21)3)26-14-12-25(5-2)13-15-26/h6-11,16H,4-5,12-15,17H2,1-3H3,(H,24,27). The second-order valence-corrected chi connectivity index (χ2v) is 7.22. The molecule has 1 heterocycles. The SMILES string of the molecule is CCc1ccccc1OCC(=O)Nc1ccc(N2CCN(CC)CC2)cc1C. The number of benzene rings is 2. The zero-order valence-electron chi connectivity index (χ0n) is 17.2. The number of carbonyl (C=O) groups is 1. The van der Waals surface area contributed by atoms with Gasteiger partial charge in [0.05, 0.1) is 0 Å². The molecule has 1 amide bonds. The molecule has 2 aromatic carbocycles. The van der Waals surface area contributed by atoms with Crippen LogP contribution in [0.5, 0.6) is 5.75 Å². The third-order valence-electron chi connectivity index (χ3n) is 5.38. The van der Waals surface area contributed by atoms with E-state index in [2.05, 4.69) is 41.1 Å². The van der Waals surface area contributed by atoms with Gasteiger partial charge in [0.25, 0.3) is 5.91 Å². The highest BCUT2D eigenvalue weighted by molar-refractivity contribution is 5.92. The average molecular weight is 382 g/mol. The number of ether oxygens (including phenoxy) is 1. The molecule has 1 fully saturated rings. The van der Waals surface area contributed by atoms with E-state index < -0.39 is 0 Å². The van der Waals surface area contributed by atoms with Gasteiger partial charge in [-0.05, 0) is 55.3 Å². The van der Waals surface area contributed by atoms with Crippen LogP contribution in [0.15, 0.2) is 42.5 Å². The first-order valence-electron chi connectivity index (χ1n) is 10.2. The molecule has 0 unspecified atom stereocenters. The van der Waals surface area contributed by atoms with Crippen molar-refractivity contribution in [2.45, 2.75) is 27.2 Å². The molecule has 0 spiro atoms. The Hall–Kier alpha value is -2.53. The zero-order chi connectivity index (χ0) is 19.9. The number of aryl methyl sites for hydroxylation is 2. The van der Waals surface area contributed by atoms with E-state index in [1.165, 1.54) is 5.69 Å². The summed E-state index contributed by atoms with van der Waals surface area (Å²) in [5.41, 5.74) is 4.24. The lowest BCUT2D eigenvalue weighted by Gasteiger charge is -2.35. The van der Waals surface area contributed by atoms with Gasteiger partial charge in [-0.2, -0.15) is 0 Å². The fourth-order valence-corrected chi connectivity index (χ4v) is 3.57. The lowest BCUT2D eigenvalue weighted by molar-refractivity contribution is -0.118. The molecule has 0 saturated carbocycles.